The van der Waals surface area contributed by atoms with E-state index in [1.807, 2.05) is 0 Å². The van der Waals surface area contributed by atoms with Crippen LogP contribution >= 0.6 is 0 Å². The van der Waals surface area contributed by atoms with Crippen LogP contribution in [0.15, 0.2) is 0 Å². The van der Waals surface area contributed by atoms with E-state index in [1.54, 1.807) is 0 Å². The molecule has 0 amide bonds. The van der Waals surface area contributed by atoms with E-state index < -0.39 is 0 Å². The fourth-order valence-electron chi connectivity index (χ4n) is 0. The van der Waals surface area contributed by atoms with Gasteiger partial charge in [-0.15, -0.1) is 0 Å². The summed E-state index contributed by atoms with van der Waals surface area (Å²) >= 11 is 0. The Morgan fingerprint density at radius 1 is 1.00 bits per heavy atom. The van der Waals surface area contributed by atoms with Gasteiger partial charge in [0.15, 0.2) is 0 Å². The van der Waals surface area contributed by atoms with Gasteiger partial charge in [0, 0.05) is 0 Å². The first-order chi connectivity index (χ1) is 0. The van der Waals surface area contributed by atoms with Crippen LogP contribution in [0.5, 0.6) is 0 Å². The van der Waals surface area contributed by atoms with Crippen molar-refractivity contribution in [1.29, 1.82) is 0 Å². The maximum atomic E-state index is 0. The maximum absolute atomic E-state index is 0. The normalized spacial score (nSPS) is 0. The molecule has 0 aliphatic rings. The summed E-state index contributed by atoms with van der Waals surface area (Å²) in [5.41, 5.74) is 0. The van der Waals surface area contributed by atoms with Gasteiger partial charge >= 0.3 is 23.3 Å². The van der Waals surface area contributed by atoms with Crippen molar-refractivity contribution in [3.63, 3.8) is 0 Å². The van der Waals surface area contributed by atoms with Crippen molar-refractivity contribution >= 4 is 0 Å². The second kappa shape index (κ2) is 70.4. The summed E-state index contributed by atoms with van der Waals surface area (Å²) in [6, 6.07) is 0. The Morgan fingerprint density at radius 2 is 1.00 bits per heavy atom. The van der Waals surface area contributed by atoms with Crippen molar-refractivity contribution in [1.82, 2.24) is 0 Å². The summed E-state index contributed by atoms with van der Waals surface area (Å²) < 4.78 is 0. The molecule has 0 unspecified atom stereocenters. The van der Waals surface area contributed by atoms with Gasteiger partial charge in [0.05, 0.1) is 0 Å². The van der Waals surface area contributed by atoms with E-state index in [0.29, 0.717) is 0 Å². The molecule has 0 aromatic heterocycles. The van der Waals surface area contributed by atoms with Gasteiger partial charge in [-0.1, -0.05) is 7.43 Å². The molecule has 0 rings (SSSR count). The second-order valence-electron chi connectivity index (χ2n) is 0. The van der Waals surface area contributed by atoms with Gasteiger partial charge in [-0.3, -0.25) is 0 Å². The minimum absolute atomic E-state index is 0. The third-order valence-corrected chi connectivity index (χ3v) is 0. The molecule has 0 saturated carbocycles. The molecule has 0 atom stereocenters. The van der Waals surface area contributed by atoms with Crippen molar-refractivity contribution in [2.24, 2.45) is 0 Å². The van der Waals surface area contributed by atoms with Crippen molar-refractivity contribution in [2.75, 3.05) is 0 Å². The van der Waals surface area contributed by atoms with Gasteiger partial charge in [-0.2, -0.15) is 0 Å². The third-order valence-electron chi connectivity index (χ3n) is 0. The number of hydrogen-bond donors (Lipinski definition) is 0. The van der Waals surface area contributed by atoms with E-state index in [0.717, 1.165) is 0 Å². The van der Waals surface area contributed by atoms with Crippen LogP contribution in [0.2, 0.25) is 0 Å². The molecule has 0 fully saturated rings. The monoisotopic (exact) mass is 156 g/mol. The van der Waals surface area contributed by atoms with E-state index in [-0.39, 0.29) is 41.7 Å². The zero-order valence-electron chi connectivity index (χ0n) is 3.13. The summed E-state index contributed by atoms with van der Waals surface area (Å²) in [6.45, 7) is 0. The van der Waals surface area contributed by atoms with Crippen LogP contribution in [0.25, 0.3) is 0 Å². The van der Waals surface area contributed by atoms with Crippen molar-refractivity contribution in [2.45, 2.75) is 7.43 Å². The molecule has 0 aliphatic heterocycles. The van der Waals surface area contributed by atoms with Crippen LogP contribution in [0.3, 0.4) is 0 Å². The predicted octanol–water partition coefficient (Wildman–Crippen LogP) is 0.621. The molecule has 0 aliphatic carbocycles. The molecule has 0 bridgehead atoms. The van der Waals surface area contributed by atoms with E-state index in [9.17, 15) is 0 Å². The molecule has 0 radical (unpaired) electrons. The van der Waals surface area contributed by atoms with Gasteiger partial charge < -0.3 is 11.0 Å². The fraction of sp³-hybridized carbons (Fsp3) is 1.00. The minimum atomic E-state index is 0. The summed E-state index contributed by atoms with van der Waals surface area (Å²) in [4.78, 5) is 0. The molecule has 4 heavy (non-hydrogen) atoms. The van der Waals surface area contributed by atoms with Crippen LogP contribution in [-0.2, 0) is 31.4 Å². The standard InChI is InChI=1S/CH4.2O.Pd/h1H4;;;/q;2*-2;+2/p+2. The summed E-state index contributed by atoms with van der Waals surface area (Å²) in [7, 11) is 0. The Labute approximate surface area is 42.4 Å². The topological polar surface area (TPSA) is 57.0 Å². The molecule has 0 aromatic carbocycles. The Hall–Kier alpha value is 0.582. The fourth-order valence-corrected chi connectivity index (χ4v) is 0. The maximum Gasteiger partial charge on any atom is 2.00 e. The van der Waals surface area contributed by atoms with Gasteiger partial charge in [-0.25, -0.2) is 0 Å². The largest absolute Gasteiger partial charge is 2.00 e. The van der Waals surface area contributed by atoms with Crippen molar-refractivity contribution in [3.8, 4) is 0 Å². The average molecular weight is 156 g/mol. The molecule has 0 heterocycles. The van der Waals surface area contributed by atoms with Gasteiger partial charge in [0.1, 0.15) is 0 Å². The molecule has 0 saturated heterocycles. The molecular formula is CH6O2Pd. The molecule has 0 aromatic rings. The number of hydrogen-bond acceptors (Lipinski definition) is 0. The number of rotatable bonds is 0. The van der Waals surface area contributed by atoms with Gasteiger partial charge in [0.25, 0.3) is 0 Å². The first kappa shape index (κ1) is 173. The van der Waals surface area contributed by atoms with E-state index >= 15 is 0 Å². The molecule has 0 spiro atoms. The zero-order chi connectivity index (χ0) is 0. The molecule has 0 N–H and O–H groups in total. The van der Waals surface area contributed by atoms with Gasteiger partial charge in [-0.05, 0) is 0 Å². The average Bonchev–Trinajstić information content (AvgIpc) is 0. The van der Waals surface area contributed by atoms with Crippen LogP contribution < -0.4 is 0 Å². The van der Waals surface area contributed by atoms with Crippen molar-refractivity contribution < 1.29 is 34.2 Å². The Balaban J connectivity index is 0. The van der Waals surface area contributed by atoms with E-state index in [2.05, 4.69) is 0 Å². The molecule has 3 heteroatoms. The minimum Gasteiger partial charge on any atom is -2.00 e. The SMILES string of the molecule is C.[H+].[H+].[O-2].[O-2].[Pd+2]. The molecular weight excluding hydrogens is 150 g/mol. The quantitative estimate of drug-likeness (QED) is 0.462. The Bertz CT molecular complexity index is 11.5. The van der Waals surface area contributed by atoms with E-state index in [4.69, 9.17) is 0 Å². The predicted molar refractivity (Wildman–Crippen MR) is 10.3 cm³/mol. The summed E-state index contributed by atoms with van der Waals surface area (Å²) in [6.07, 6.45) is 0. The third kappa shape index (κ3) is 19.1. The Morgan fingerprint density at radius 3 is 1.00 bits per heavy atom. The summed E-state index contributed by atoms with van der Waals surface area (Å²) in [5, 5.41) is 0. The second-order valence-corrected chi connectivity index (χ2v) is 0. The molecule has 32 valence electrons. The van der Waals surface area contributed by atoms with Crippen molar-refractivity contribution in [3.05, 3.63) is 0 Å². The molecule has 2 nitrogen and oxygen atoms in total. The van der Waals surface area contributed by atoms with Crippen LogP contribution in [0, 0.1) is 0 Å². The van der Waals surface area contributed by atoms with E-state index in [1.165, 1.54) is 0 Å². The smallest absolute Gasteiger partial charge is 2.00 e. The van der Waals surface area contributed by atoms with Gasteiger partial charge in [0.2, 0.25) is 0 Å². The summed E-state index contributed by atoms with van der Waals surface area (Å²) in [5.74, 6) is 0. The van der Waals surface area contributed by atoms with Crippen LogP contribution in [0.1, 0.15) is 10.3 Å². The first-order valence-corrected chi connectivity index (χ1v) is 0. The zero-order valence-corrected chi connectivity index (χ0v) is 2.69. The first-order valence-electron chi connectivity index (χ1n) is 0. The Kier molecular flexibility index (Phi) is 3050. The van der Waals surface area contributed by atoms with Crippen LogP contribution in [0.4, 0.5) is 0 Å². The van der Waals surface area contributed by atoms with Crippen LogP contribution in [-0.4, -0.2) is 0 Å².